The molecule has 0 atom stereocenters. The number of aromatic nitrogens is 1. The molecule has 0 aliphatic rings. The number of carbonyl (C=O) groups excluding carboxylic acids is 2. The van der Waals surface area contributed by atoms with E-state index in [-0.39, 0.29) is 31.0 Å². The molecule has 3 aromatic rings. The van der Waals surface area contributed by atoms with Gasteiger partial charge in [0.25, 0.3) is 0 Å². The monoisotopic (exact) mass is 486 g/mol. The standard InChI is InChI=1S/C25H25F3N4O3/c1-16(33)31-23-15-22(8-10-30-23)35-21-4-2-3-17(13-21)5-6-24(34)32-20-12-18(7-9-29)11-19(14-20)25(26,27)28/h2-4,8,10-15H,5-7,9,29H2,1H3,(H,32,34)(H,30,31,33). The van der Waals surface area contributed by atoms with Crippen molar-refractivity contribution in [2.24, 2.45) is 5.73 Å². The molecular formula is C25H25F3N4O3. The molecule has 1 aromatic heterocycles. The molecule has 184 valence electrons. The van der Waals surface area contributed by atoms with E-state index < -0.39 is 17.6 Å². The van der Waals surface area contributed by atoms with Crippen LogP contribution in [0.2, 0.25) is 0 Å². The summed E-state index contributed by atoms with van der Waals surface area (Å²) in [5.74, 6) is 0.676. The topological polar surface area (TPSA) is 106 Å². The molecule has 0 fully saturated rings. The van der Waals surface area contributed by atoms with E-state index in [0.29, 0.717) is 29.3 Å². The van der Waals surface area contributed by atoms with Crippen molar-refractivity contribution < 1.29 is 27.5 Å². The van der Waals surface area contributed by atoms with Gasteiger partial charge >= 0.3 is 6.18 Å². The molecule has 2 aromatic carbocycles. The van der Waals surface area contributed by atoms with Gasteiger partial charge in [0, 0.05) is 31.3 Å². The molecule has 0 saturated carbocycles. The normalized spacial score (nSPS) is 11.1. The number of amides is 2. The number of halogens is 3. The minimum absolute atomic E-state index is 0.0634. The van der Waals surface area contributed by atoms with Crippen molar-refractivity contribution in [2.45, 2.75) is 32.4 Å². The minimum Gasteiger partial charge on any atom is -0.457 e. The maximum atomic E-state index is 13.2. The highest BCUT2D eigenvalue weighted by Gasteiger charge is 2.31. The largest absolute Gasteiger partial charge is 0.457 e. The molecule has 2 amide bonds. The molecule has 0 saturated heterocycles. The summed E-state index contributed by atoms with van der Waals surface area (Å²) >= 11 is 0. The number of nitrogens with two attached hydrogens (primary N) is 1. The van der Waals surface area contributed by atoms with Crippen molar-refractivity contribution in [3.05, 3.63) is 77.5 Å². The molecule has 1 heterocycles. The number of hydrogen-bond donors (Lipinski definition) is 3. The molecule has 0 bridgehead atoms. The van der Waals surface area contributed by atoms with Crippen LogP contribution >= 0.6 is 0 Å². The van der Waals surface area contributed by atoms with Crippen LogP contribution in [0.1, 0.15) is 30.0 Å². The van der Waals surface area contributed by atoms with Crippen LogP contribution in [0.15, 0.2) is 60.8 Å². The Bertz CT molecular complexity index is 1200. The predicted octanol–water partition coefficient (Wildman–Crippen LogP) is 4.92. The van der Waals surface area contributed by atoms with Crippen LogP contribution in [-0.4, -0.2) is 23.3 Å². The van der Waals surface area contributed by atoms with Gasteiger partial charge in [-0.05, 0) is 66.9 Å². The van der Waals surface area contributed by atoms with Crippen LogP contribution in [-0.2, 0) is 28.6 Å². The third-order valence-corrected chi connectivity index (χ3v) is 4.85. The SMILES string of the molecule is CC(=O)Nc1cc(Oc2cccc(CCC(=O)Nc3cc(CCN)cc(C(F)(F)F)c3)c2)ccn1. The number of hydrogen-bond acceptors (Lipinski definition) is 5. The average molecular weight is 486 g/mol. The fourth-order valence-corrected chi connectivity index (χ4v) is 3.34. The maximum Gasteiger partial charge on any atom is 0.416 e. The molecule has 7 nitrogen and oxygen atoms in total. The number of nitrogens with one attached hydrogen (secondary N) is 2. The summed E-state index contributed by atoms with van der Waals surface area (Å²) in [7, 11) is 0. The summed E-state index contributed by atoms with van der Waals surface area (Å²) in [6, 6.07) is 13.8. The first kappa shape index (κ1) is 25.7. The van der Waals surface area contributed by atoms with E-state index in [2.05, 4.69) is 15.6 Å². The van der Waals surface area contributed by atoms with Crippen LogP contribution < -0.4 is 21.1 Å². The highest BCUT2D eigenvalue weighted by molar-refractivity contribution is 5.91. The zero-order valence-corrected chi connectivity index (χ0v) is 19.0. The molecule has 0 radical (unpaired) electrons. The Labute approximate surface area is 200 Å². The number of benzene rings is 2. The first-order valence-corrected chi connectivity index (χ1v) is 10.8. The molecule has 0 unspecified atom stereocenters. The number of anilines is 2. The lowest BCUT2D eigenvalue weighted by atomic mass is 10.1. The van der Waals surface area contributed by atoms with Crippen molar-refractivity contribution in [3.63, 3.8) is 0 Å². The first-order chi connectivity index (χ1) is 16.6. The number of alkyl halides is 3. The van der Waals surface area contributed by atoms with Gasteiger partial charge < -0.3 is 21.1 Å². The Balaban J connectivity index is 1.62. The van der Waals surface area contributed by atoms with Gasteiger partial charge in [0.1, 0.15) is 17.3 Å². The summed E-state index contributed by atoms with van der Waals surface area (Å²) in [6.45, 7) is 1.57. The number of carbonyl (C=O) groups is 2. The van der Waals surface area contributed by atoms with E-state index in [0.717, 1.165) is 17.7 Å². The molecule has 0 aliphatic heterocycles. The number of ether oxygens (including phenoxy) is 1. The van der Waals surface area contributed by atoms with Crippen molar-refractivity contribution >= 4 is 23.3 Å². The van der Waals surface area contributed by atoms with E-state index >= 15 is 0 Å². The zero-order valence-electron chi connectivity index (χ0n) is 19.0. The Hall–Kier alpha value is -3.92. The minimum atomic E-state index is -4.53. The third kappa shape index (κ3) is 8.11. The first-order valence-electron chi connectivity index (χ1n) is 10.8. The van der Waals surface area contributed by atoms with Crippen molar-refractivity contribution in [1.82, 2.24) is 4.98 Å². The van der Waals surface area contributed by atoms with Crippen molar-refractivity contribution in [3.8, 4) is 11.5 Å². The maximum absolute atomic E-state index is 13.2. The molecule has 4 N–H and O–H groups in total. The van der Waals surface area contributed by atoms with Crippen LogP contribution in [0.25, 0.3) is 0 Å². The van der Waals surface area contributed by atoms with Gasteiger partial charge in [0.15, 0.2) is 0 Å². The van der Waals surface area contributed by atoms with Gasteiger partial charge in [-0.3, -0.25) is 9.59 Å². The van der Waals surface area contributed by atoms with E-state index in [4.69, 9.17) is 10.5 Å². The molecule has 0 aliphatic carbocycles. The van der Waals surface area contributed by atoms with Gasteiger partial charge in [-0.1, -0.05) is 12.1 Å². The van der Waals surface area contributed by atoms with Gasteiger partial charge in [-0.2, -0.15) is 13.2 Å². The zero-order chi connectivity index (χ0) is 25.4. The summed E-state index contributed by atoms with van der Waals surface area (Å²) in [5, 5.41) is 5.12. The molecule has 35 heavy (non-hydrogen) atoms. The number of nitrogens with zero attached hydrogens (tertiary/aromatic N) is 1. The second-order valence-corrected chi connectivity index (χ2v) is 7.81. The lowest BCUT2D eigenvalue weighted by Crippen LogP contribution is -2.15. The average Bonchev–Trinajstić information content (AvgIpc) is 2.77. The lowest BCUT2D eigenvalue weighted by molar-refractivity contribution is -0.137. The fraction of sp³-hybridized carbons (Fsp3) is 0.240. The summed E-state index contributed by atoms with van der Waals surface area (Å²) in [4.78, 5) is 27.7. The quantitative estimate of drug-likeness (QED) is 0.398. The van der Waals surface area contributed by atoms with Crippen LogP contribution in [0.4, 0.5) is 24.7 Å². The van der Waals surface area contributed by atoms with E-state index in [1.165, 1.54) is 19.2 Å². The number of rotatable bonds is 9. The van der Waals surface area contributed by atoms with Crippen LogP contribution in [0, 0.1) is 0 Å². The summed E-state index contributed by atoms with van der Waals surface area (Å²) < 4.78 is 45.4. The number of pyridine rings is 1. The van der Waals surface area contributed by atoms with E-state index in [1.54, 1.807) is 30.3 Å². The van der Waals surface area contributed by atoms with Gasteiger partial charge in [-0.25, -0.2) is 4.98 Å². The second kappa shape index (κ2) is 11.5. The molecule has 0 spiro atoms. The fourth-order valence-electron chi connectivity index (χ4n) is 3.34. The highest BCUT2D eigenvalue weighted by atomic mass is 19.4. The molecular weight excluding hydrogens is 461 g/mol. The third-order valence-electron chi connectivity index (χ3n) is 4.85. The Kier molecular flexibility index (Phi) is 8.43. The number of aryl methyl sites for hydroxylation is 1. The van der Waals surface area contributed by atoms with Crippen LogP contribution in [0.3, 0.4) is 0 Å². The smallest absolute Gasteiger partial charge is 0.416 e. The van der Waals surface area contributed by atoms with E-state index in [9.17, 15) is 22.8 Å². The Morgan fingerprint density at radius 1 is 0.971 bits per heavy atom. The summed E-state index contributed by atoms with van der Waals surface area (Å²) in [6.07, 6.45) is -2.34. The van der Waals surface area contributed by atoms with Crippen molar-refractivity contribution in [2.75, 3.05) is 17.2 Å². The summed E-state index contributed by atoms with van der Waals surface area (Å²) in [5.41, 5.74) is 5.93. The van der Waals surface area contributed by atoms with Crippen LogP contribution in [0.5, 0.6) is 11.5 Å². The Morgan fingerprint density at radius 3 is 2.46 bits per heavy atom. The van der Waals surface area contributed by atoms with Crippen molar-refractivity contribution in [1.29, 1.82) is 0 Å². The molecule has 3 rings (SSSR count). The highest BCUT2D eigenvalue weighted by Crippen LogP contribution is 2.32. The van der Waals surface area contributed by atoms with E-state index in [1.807, 2.05) is 6.07 Å². The predicted molar refractivity (Wildman–Crippen MR) is 126 cm³/mol. The second-order valence-electron chi connectivity index (χ2n) is 7.81. The molecule has 10 heteroatoms. The lowest BCUT2D eigenvalue weighted by Gasteiger charge is -2.13. The Morgan fingerprint density at radius 2 is 1.74 bits per heavy atom. The van der Waals surface area contributed by atoms with Gasteiger partial charge in [0.2, 0.25) is 11.8 Å². The van der Waals surface area contributed by atoms with Gasteiger partial charge in [-0.15, -0.1) is 0 Å². The van der Waals surface area contributed by atoms with Gasteiger partial charge in [0.05, 0.1) is 5.56 Å².